The Kier molecular flexibility index (Phi) is 4.33. The van der Waals surface area contributed by atoms with Gasteiger partial charge in [-0.25, -0.2) is 13.4 Å². The first-order valence-electron chi connectivity index (χ1n) is 8.39. The van der Waals surface area contributed by atoms with E-state index in [-0.39, 0.29) is 11.0 Å². The maximum Gasteiger partial charge on any atom is 0.258 e. The van der Waals surface area contributed by atoms with Crippen LogP contribution in [-0.4, -0.2) is 47.0 Å². The maximum absolute atomic E-state index is 13.0. The molecule has 3 aromatic heterocycles. The molecule has 26 heavy (non-hydrogen) atoms. The number of pyridine rings is 2. The summed E-state index contributed by atoms with van der Waals surface area (Å²) in [5, 5.41) is 4.56. The number of sulfonamides is 1. The van der Waals surface area contributed by atoms with Gasteiger partial charge in [0.05, 0.1) is 30.0 Å². The van der Waals surface area contributed by atoms with Gasteiger partial charge < -0.3 is 9.26 Å². The molecule has 0 N–H and O–H groups in total. The van der Waals surface area contributed by atoms with Gasteiger partial charge in [0, 0.05) is 12.7 Å². The van der Waals surface area contributed by atoms with Crippen LogP contribution in [0.15, 0.2) is 46.2 Å². The van der Waals surface area contributed by atoms with Crippen LogP contribution in [-0.2, 0) is 16.4 Å². The molecule has 0 spiro atoms. The monoisotopic (exact) mass is 374 g/mol. The molecule has 1 aliphatic heterocycles. The zero-order valence-corrected chi connectivity index (χ0v) is 15.0. The van der Waals surface area contributed by atoms with Crippen molar-refractivity contribution in [3.8, 4) is 5.75 Å². The molecule has 3 aromatic rings. The summed E-state index contributed by atoms with van der Waals surface area (Å²) in [6.07, 6.45) is 5.66. The van der Waals surface area contributed by atoms with E-state index in [4.69, 9.17) is 9.26 Å². The lowest BCUT2D eigenvalue weighted by molar-refractivity contribution is 0.214. The predicted molar refractivity (Wildman–Crippen MR) is 93.2 cm³/mol. The minimum absolute atomic E-state index is 0.143. The fourth-order valence-corrected chi connectivity index (χ4v) is 4.49. The average Bonchev–Trinajstić information content (AvgIpc) is 3.29. The van der Waals surface area contributed by atoms with Crippen LogP contribution in [0.3, 0.4) is 0 Å². The first-order chi connectivity index (χ1) is 12.6. The van der Waals surface area contributed by atoms with Gasteiger partial charge in [0.25, 0.3) is 5.71 Å². The minimum Gasteiger partial charge on any atom is -0.487 e. The largest absolute Gasteiger partial charge is 0.487 e. The van der Waals surface area contributed by atoms with Crippen LogP contribution in [0, 0.1) is 0 Å². The first kappa shape index (κ1) is 16.9. The van der Waals surface area contributed by atoms with Gasteiger partial charge in [-0.2, -0.15) is 4.31 Å². The van der Waals surface area contributed by atoms with Gasteiger partial charge in [0.1, 0.15) is 16.7 Å². The lowest BCUT2D eigenvalue weighted by Gasteiger charge is -2.17. The quantitative estimate of drug-likeness (QED) is 0.674. The molecule has 0 aliphatic carbocycles. The molecular formula is C17H18N4O4S. The Hall–Kier alpha value is -2.52. The molecule has 0 saturated carbocycles. The van der Waals surface area contributed by atoms with E-state index in [1.54, 1.807) is 30.6 Å². The molecule has 1 saturated heterocycles. The third-order valence-corrected chi connectivity index (χ3v) is 6.23. The molecule has 0 aromatic carbocycles. The van der Waals surface area contributed by atoms with Crippen LogP contribution in [0.4, 0.5) is 0 Å². The van der Waals surface area contributed by atoms with Gasteiger partial charge in [-0.3, -0.25) is 4.98 Å². The predicted octanol–water partition coefficient (Wildman–Crippen LogP) is 2.02. The number of aromatic nitrogens is 3. The summed E-state index contributed by atoms with van der Waals surface area (Å²) < 4.78 is 38.3. The second-order valence-corrected chi connectivity index (χ2v) is 8.02. The SMILES string of the molecule is CCc1noc2ncc(S(=O)(=O)N3CCC(Oc4cccnc4)C3)cc12. The van der Waals surface area contributed by atoms with Gasteiger partial charge in [-0.15, -0.1) is 0 Å². The molecule has 9 heteroatoms. The Labute approximate surface area is 150 Å². The number of hydrogen-bond donors (Lipinski definition) is 0. The van der Waals surface area contributed by atoms with Crippen LogP contribution in [0.25, 0.3) is 11.1 Å². The molecule has 1 fully saturated rings. The average molecular weight is 374 g/mol. The fraction of sp³-hybridized carbons (Fsp3) is 0.353. The van der Waals surface area contributed by atoms with Crippen molar-refractivity contribution in [2.45, 2.75) is 30.8 Å². The normalized spacial score (nSPS) is 18.4. The Bertz CT molecular complexity index is 1020. The van der Waals surface area contributed by atoms with Gasteiger partial charge in [-0.1, -0.05) is 12.1 Å². The first-order valence-corrected chi connectivity index (χ1v) is 9.83. The number of nitrogens with zero attached hydrogens (tertiary/aromatic N) is 4. The van der Waals surface area contributed by atoms with Crippen molar-refractivity contribution in [3.05, 3.63) is 42.5 Å². The lowest BCUT2D eigenvalue weighted by atomic mass is 10.2. The summed E-state index contributed by atoms with van der Waals surface area (Å²) in [5.41, 5.74) is 1.05. The smallest absolute Gasteiger partial charge is 0.258 e. The minimum atomic E-state index is -3.65. The van der Waals surface area contributed by atoms with Crippen LogP contribution >= 0.6 is 0 Å². The van der Waals surface area contributed by atoms with Gasteiger partial charge in [0.2, 0.25) is 10.0 Å². The topological polar surface area (TPSA) is 98.4 Å². The van der Waals surface area contributed by atoms with Crippen molar-refractivity contribution < 1.29 is 17.7 Å². The molecule has 1 atom stereocenters. The van der Waals surface area contributed by atoms with E-state index in [1.165, 1.54) is 10.5 Å². The summed E-state index contributed by atoms with van der Waals surface area (Å²) >= 11 is 0. The molecule has 8 nitrogen and oxygen atoms in total. The van der Waals surface area contributed by atoms with Crippen LogP contribution in [0.1, 0.15) is 19.0 Å². The standard InChI is InChI=1S/C17H18N4O4S/c1-2-16-15-8-14(10-19-17(15)25-20-16)26(22,23)21-7-5-13(11-21)24-12-4-3-6-18-9-12/h3-4,6,8-10,13H,2,5,7,11H2,1H3. The Morgan fingerprint density at radius 1 is 1.38 bits per heavy atom. The summed E-state index contributed by atoms with van der Waals surface area (Å²) in [5.74, 6) is 0.636. The van der Waals surface area contributed by atoms with Crippen molar-refractivity contribution in [2.75, 3.05) is 13.1 Å². The van der Waals surface area contributed by atoms with E-state index < -0.39 is 10.0 Å². The van der Waals surface area contributed by atoms with E-state index in [1.807, 2.05) is 6.92 Å². The van der Waals surface area contributed by atoms with Crippen molar-refractivity contribution in [3.63, 3.8) is 0 Å². The summed E-state index contributed by atoms with van der Waals surface area (Å²) in [4.78, 5) is 8.25. The van der Waals surface area contributed by atoms with E-state index in [9.17, 15) is 8.42 Å². The molecule has 1 aliphatic rings. The van der Waals surface area contributed by atoms with E-state index >= 15 is 0 Å². The molecule has 4 heterocycles. The number of fused-ring (bicyclic) bond motifs is 1. The molecule has 136 valence electrons. The molecule has 0 amide bonds. The molecular weight excluding hydrogens is 356 g/mol. The second kappa shape index (κ2) is 6.65. The Balaban J connectivity index is 1.55. The van der Waals surface area contributed by atoms with E-state index in [2.05, 4.69) is 15.1 Å². The highest BCUT2D eigenvalue weighted by Gasteiger charge is 2.34. The highest BCUT2D eigenvalue weighted by atomic mass is 32.2. The van der Waals surface area contributed by atoms with Crippen LogP contribution < -0.4 is 4.74 Å². The zero-order chi connectivity index (χ0) is 18.1. The highest BCUT2D eigenvalue weighted by Crippen LogP contribution is 2.26. The number of aryl methyl sites for hydroxylation is 1. The van der Waals surface area contributed by atoms with Crippen molar-refractivity contribution in [1.82, 2.24) is 19.4 Å². The van der Waals surface area contributed by atoms with E-state index in [0.717, 1.165) is 0 Å². The fourth-order valence-electron chi connectivity index (χ4n) is 3.03. The van der Waals surface area contributed by atoms with Crippen LogP contribution in [0.5, 0.6) is 5.75 Å². The van der Waals surface area contributed by atoms with Crippen molar-refractivity contribution in [2.24, 2.45) is 0 Å². The lowest BCUT2D eigenvalue weighted by Crippen LogP contribution is -2.31. The second-order valence-electron chi connectivity index (χ2n) is 6.09. The summed E-state index contributed by atoms with van der Waals surface area (Å²) in [6.45, 7) is 2.62. The zero-order valence-electron chi connectivity index (χ0n) is 14.2. The Morgan fingerprint density at radius 3 is 3.04 bits per heavy atom. The maximum atomic E-state index is 13.0. The van der Waals surface area contributed by atoms with Crippen LogP contribution in [0.2, 0.25) is 0 Å². The molecule has 0 bridgehead atoms. The third kappa shape index (κ3) is 3.04. The number of rotatable bonds is 5. The van der Waals surface area contributed by atoms with Crippen molar-refractivity contribution >= 4 is 21.1 Å². The third-order valence-electron chi connectivity index (χ3n) is 4.40. The molecule has 4 rings (SSSR count). The summed E-state index contributed by atoms with van der Waals surface area (Å²) in [7, 11) is -3.65. The number of hydrogen-bond acceptors (Lipinski definition) is 7. The highest BCUT2D eigenvalue weighted by molar-refractivity contribution is 7.89. The summed E-state index contributed by atoms with van der Waals surface area (Å²) in [6, 6.07) is 5.17. The molecule has 0 radical (unpaired) electrons. The van der Waals surface area contributed by atoms with Gasteiger partial charge in [0.15, 0.2) is 0 Å². The van der Waals surface area contributed by atoms with Gasteiger partial charge >= 0.3 is 0 Å². The molecule has 1 unspecified atom stereocenters. The number of ether oxygens (including phenoxy) is 1. The van der Waals surface area contributed by atoms with E-state index in [0.29, 0.717) is 48.5 Å². The van der Waals surface area contributed by atoms with Crippen molar-refractivity contribution in [1.29, 1.82) is 0 Å². The Morgan fingerprint density at radius 2 is 2.27 bits per heavy atom. The van der Waals surface area contributed by atoms with Gasteiger partial charge in [-0.05, 0) is 31.0 Å².